The minimum atomic E-state index is -0.933. The lowest BCUT2D eigenvalue weighted by molar-refractivity contribution is -0.141. The van der Waals surface area contributed by atoms with Crippen LogP contribution in [0.1, 0.15) is 39.2 Å². The summed E-state index contributed by atoms with van der Waals surface area (Å²) in [6.07, 6.45) is 3.06. The monoisotopic (exact) mass is 306 g/mol. The molecule has 1 atom stereocenters. The molecule has 2 rings (SSSR count). The number of nitrogens with zero attached hydrogens (tertiary/aromatic N) is 2. The van der Waals surface area contributed by atoms with Crippen molar-refractivity contribution < 1.29 is 14.7 Å². The minimum Gasteiger partial charge on any atom is -0.480 e. The van der Waals surface area contributed by atoms with Gasteiger partial charge in [-0.1, -0.05) is 57.5 Å². The number of unbranched alkanes of at least 4 members (excludes halogenated alkanes) is 2. The minimum absolute atomic E-state index is 0. The van der Waals surface area contributed by atoms with Crippen LogP contribution < -0.4 is 0 Å². The molecule has 0 unspecified atom stereocenters. The molecule has 1 aliphatic heterocycles. The highest BCUT2D eigenvalue weighted by molar-refractivity contribution is 5.86. The Labute approximate surface area is 132 Å². The van der Waals surface area contributed by atoms with Crippen molar-refractivity contribution in [3.8, 4) is 0 Å². The van der Waals surface area contributed by atoms with E-state index in [2.05, 4.69) is 6.92 Å². The Bertz CT molecular complexity index is 490. The van der Waals surface area contributed by atoms with Gasteiger partial charge in [-0.2, -0.15) is 0 Å². The molecule has 2 amide bonds. The first-order chi connectivity index (χ1) is 10.1. The van der Waals surface area contributed by atoms with Crippen LogP contribution in [0, 0.1) is 0 Å². The van der Waals surface area contributed by atoms with Crippen molar-refractivity contribution in [2.24, 2.45) is 0 Å². The summed E-state index contributed by atoms with van der Waals surface area (Å²) in [5, 5.41) is 9.35. The van der Waals surface area contributed by atoms with Crippen molar-refractivity contribution in [1.29, 1.82) is 0 Å². The number of amides is 2. The SMILES string of the molecule is C.CCCCCN1C[C@@H](C(=O)O)N(Cc2ccccc2)C1=O. The normalized spacial score (nSPS) is 17.5. The molecule has 0 aliphatic carbocycles. The van der Waals surface area contributed by atoms with Gasteiger partial charge in [0.15, 0.2) is 0 Å². The molecule has 122 valence electrons. The van der Waals surface area contributed by atoms with Crippen molar-refractivity contribution in [3.05, 3.63) is 35.9 Å². The van der Waals surface area contributed by atoms with E-state index in [-0.39, 0.29) is 20.0 Å². The standard InChI is InChI=1S/C16H22N2O3.CH4/c1-2-3-7-10-17-12-14(15(19)20)18(16(17)21)11-13-8-5-4-6-9-13;/h4-6,8-9,14H,2-3,7,10-12H2,1H3,(H,19,20);1H4/t14-;/m0./s1. The summed E-state index contributed by atoms with van der Waals surface area (Å²) < 4.78 is 0. The van der Waals surface area contributed by atoms with Gasteiger partial charge in [0.2, 0.25) is 0 Å². The van der Waals surface area contributed by atoms with Crippen LogP contribution >= 0.6 is 0 Å². The van der Waals surface area contributed by atoms with Gasteiger partial charge in [0.1, 0.15) is 6.04 Å². The number of benzene rings is 1. The molecule has 1 aromatic rings. The fourth-order valence-electron chi connectivity index (χ4n) is 2.61. The summed E-state index contributed by atoms with van der Waals surface area (Å²) in [7, 11) is 0. The number of hydrogen-bond donors (Lipinski definition) is 1. The fraction of sp³-hybridized carbons (Fsp3) is 0.529. The zero-order chi connectivity index (χ0) is 15.2. The van der Waals surface area contributed by atoms with Crippen LogP contribution in [0.15, 0.2) is 30.3 Å². The smallest absolute Gasteiger partial charge is 0.328 e. The third-order valence-electron chi connectivity index (χ3n) is 3.80. The lowest BCUT2D eigenvalue weighted by Crippen LogP contribution is -2.39. The molecule has 1 aliphatic rings. The first-order valence-electron chi connectivity index (χ1n) is 7.45. The average molecular weight is 306 g/mol. The van der Waals surface area contributed by atoms with Gasteiger partial charge in [-0.15, -0.1) is 0 Å². The molecule has 1 N–H and O–H groups in total. The van der Waals surface area contributed by atoms with E-state index in [1.807, 2.05) is 30.3 Å². The zero-order valence-corrected chi connectivity index (χ0v) is 12.4. The Hall–Kier alpha value is -2.04. The largest absolute Gasteiger partial charge is 0.480 e. The summed E-state index contributed by atoms with van der Waals surface area (Å²) in [4.78, 5) is 26.9. The number of carbonyl (C=O) groups is 2. The number of aliphatic carboxylic acids is 1. The van der Waals surface area contributed by atoms with E-state index in [1.54, 1.807) is 4.90 Å². The summed E-state index contributed by atoms with van der Waals surface area (Å²) in [6, 6.07) is 8.59. The Morgan fingerprint density at radius 1 is 1.27 bits per heavy atom. The van der Waals surface area contributed by atoms with Gasteiger partial charge < -0.3 is 14.9 Å². The van der Waals surface area contributed by atoms with Crippen LogP contribution in [0.3, 0.4) is 0 Å². The van der Waals surface area contributed by atoms with E-state index >= 15 is 0 Å². The van der Waals surface area contributed by atoms with Gasteiger partial charge in [-0.05, 0) is 12.0 Å². The molecular weight excluding hydrogens is 280 g/mol. The maximum Gasteiger partial charge on any atom is 0.328 e. The Kier molecular flexibility index (Phi) is 6.89. The molecule has 0 spiro atoms. The van der Waals surface area contributed by atoms with Crippen LogP contribution in [0.4, 0.5) is 4.79 Å². The highest BCUT2D eigenvalue weighted by Crippen LogP contribution is 2.20. The van der Waals surface area contributed by atoms with Gasteiger partial charge in [0, 0.05) is 13.1 Å². The van der Waals surface area contributed by atoms with Gasteiger partial charge in [0.25, 0.3) is 0 Å². The topological polar surface area (TPSA) is 60.9 Å². The third kappa shape index (κ3) is 4.23. The predicted molar refractivity (Wildman–Crippen MR) is 86.6 cm³/mol. The van der Waals surface area contributed by atoms with Crippen LogP contribution in [0.25, 0.3) is 0 Å². The summed E-state index contributed by atoms with van der Waals surface area (Å²) in [6.45, 7) is 3.38. The number of urea groups is 1. The van der Waals surface area contributed by atoms with Crippen LogP contribution in [-0.4, -0.2) is 46.0 Å². The van der Waals surface area contributed by atoms with Crippen molar-refractivity contribution in [2.75, 3.05) is 13.1 Å². The lowest BCUT2D eigenvalue weighted by atomic mass is 10.2. The van der Waals surface area contributed by atoms with Crippen molar-refractivity contribution >= 4 is 12.0 Å². The molecule has 5 nitrogen and oxygen atoms in total. The summed E-state index contributed by atoms with van der Waals surface area (Å²) in [5.41, 5.74) is 0.951. The number of rotatable bonds is 7. The predicted octanol–water partition coefficient (Wildman–Crippen LogP) is 3.20. The molecule has 0 aromatic heterocycles. The van der Waals surface area contributed by atoms with Gasteiger partial charge in [0.05, 0.1) is 6.54 Å². The number of hydrogen-bond acceptors (Lipinski definition) is 2. The quantitative estimate of drug-likeness (QED) is 0.787. The molecule has 0 saturated carbocycles. The molecule has 5 heteroatoms. The highest BCUT2D eigenvalue weighted by Gasteiger charge is 2.40. The summed E-state index contributed by atoms with van der Waals surface area (Å²) >= 11 is 0. The Balaban J connectivity index is 0.00000242. The second kappa shape index (κ2) is 8.41. The molecule has 1 aromatic carbocycles. The van der Waals surface area contributed by atoms with E-state index in [9.17, 15) is 14.7 Å². The van der Waals surface area contributed by atoms with Gasteiger partial charge in [-0.25, -0.2) is 9.59 Å². The molecule has 0 radical (unpaired) electrons. The second-order valence-corrected chi connectivity index (χ2v) is 5.40. The first kappa shape index (κ1) is 18.0. The molecule has 0 bridgehead atoms. The molecule has 22 heavy (non-hydrogen) atoms. The fourth-order valence-corrected chi connectivity index (χ4v) is 2.61. The van der Waals surface area contributed by atoms with Crippen LogP contribution in [0.2, 0.25) is 0 Å². The van der Waals surface area contributed by atoms with Crippen molar-refractivity contribution in [3.63, 3.8) is 0 Å². The van der Waals surface area contributed by atoms with E-state index < -0.39 is 12.0 Å². The van der Waals surface area contributed by atoms with E-state index in [1.165, 1.54) is 4.90 Å². The Morgan fingerprint density at radius 3 is 2.55 bits per heavy atom. The number of carboxylic acid groups (broad SMARTS) is 1. The Morgan fingerprint density at radius 2 is 1.95 bits per heavy atom. The number of carbonyl (C=O) groups excluding carboxylic acids is 1. The lowest BCUT2D eigenvalue weighted by Gasteiger charge is -2.20. The maximum absolute atomic E-state index is 12.4. The van der Waals surface area contributed by atoms with Gasteiger partial charge >= 0.3 is 12.0 Å². The third-order valence-corrected chi connectivity index (χ3v) is 3.80. The van der Waals surface area contributed by atoms with Crippen molar-refractivity contribution in [1.82, 2.24) is 9.80 Å². The van der Waals surface area contributed by atoms with Crippen molar-refractivity contribution in [2.45, 2.75) is 46.2 Å². The highest BCUT2D eigenvalue weighted by atomic mass is 16.4. The molecule has 1 heterocycles. The number of carboxylic acids is 1. The van der Waals surface area contributed by atoms with Crippen LogP contribution in [-0.2, 0) is 11.3 Å². The second-order valence-electron chi connectivity index (χ2n) is 5.40. The summed E-state index contributed by atoms with van der Waals surface area (Å²) in [5.74, 6) is -0.933. The first-order valence-corrected chi connectivity index (χ1v) is 7.45. The van der Waals surface area contributed by atoms with Gasteiger partial charge in [-0.3, -0.25) is 0 Å². The molecular formula is C17H26N2O3. The molecule has 1 fully saturated rings. The maximum atomic E-state index is 12.4. The van der Waals surface area contributed by atoms with E-state index in [0.717, 1.165) is 24.8 Å². The van der Waals surface area contributed by atoms with Crippen LogP contribution in [0.5, 0.6) is 0 Å². The molecule has 1 saturated heterocycles. The average Bonchev–Trinajstić information content (AvgIpc) is 2.78. The zero-order valence-electron chi connectivity index (χ0n) is 12.4. The van der Waals surface area contributed by atoms with E-state index in [0.29, 0.717) is 13.1 Å². The van der Waals surface area contributed by atoms with E-state index in [4.69, 9.17) is 0 Å².